The molecule has 0 unspecified atom stereocenters. The number of fused-ring (bicyclic) bond motifs is 1. The third-order valence-corrected chi connectivity index (χ3v) is 5.22. The molecule has 21 heavy (non-hydrogen) atoms. The number of likely N-dealkylation sites (tertiary alicyclic amines) is 1. The Labute approximate surface area is 127 Å². The summed E-state index contributed by atoms with van der Waals surface area (Å²) in [5, 5.41) is 3.37. The summed E-state index contributed by atoms with van der Waals surface area (Å²) in [4.78, 5) is 41.8. The predicted molar refractivity (Wildman–Crippen MR) is 79.7 cm³/mol. The number of imide groups is 1. The van der Waals surface area contributed by atoms with Gasteiger partial charge in [-0.2, -0.15) is 0 Å². The van der Waals surface area contributed by atoms with Crippen molar-refractivity contribution in [2.45, 2.75) is 32.1 Å². The zero-order valence-corrected chi connectivity index (χ0v) is 12.7. The lowest BCUT2D eigenvalue weighted by molar-refractivity contribution is -0.140. The summed E-state index contributed by atoms with van der Waals surface area (Å²) < 4.78 is 0. The highest BCUT2D eigenvalue weighted by Crippen LogP contribution is 2.37. The van der Waals surface area contributed by atoms with E-state index in [1.54, 1.807) is 0 Å². The second kappa shape index (κ2) is 6.17. The summed E-state index contributed by atoms with van der Waals surface area (Å²) in [6, 6.07) is 0. The van der Waals surface area contributed by atoms with Crippen LogP contribution in [0.5, 0.6) is 0 Å². The molecule has 2 heterocycles. The average molecular weight is 309 g/mol. The summed E-state index contributed by atoms with van der Waals surface area (Å²) in [6.07, 6.45) is 3.81. The number of hydrogen-bond acceptors (Lipinski definition) is 5. The van der Waals surface area contributed by atoms with E-state index in [4.69, 9.17) is 0 Å². The monoisotopic (exact) mass is 309 g/mol. The first-order chi connectivity index (χ1) is 10.2. The van der Waals surface area contributed by atoms with E-state index in [9.17, 15) is 14.4 Å². The number of amidine groups is 1. The number of carbonyl (C=O) groups is 3. The Balaban J connectivity index is 1.53. The highest BCUT2D eigenvalue weighted by molar-refractivity contribution is 8.14. The van der Waals surface area contributed by atoms with Gasteiger partial charge in [0.15, 0.2) is 5.17 Å². The normalized spacial score (nSPS) is 28.6. The molecule has 0 bridgehead atoms. The molecule has 114 valence electrons. The Morgan fingerprint density at radius 1 is 1.24 bits per heavy atom. The highest BCUT2D eigenvalue weighted by Gasteiger charge is 2.47. The molecule has 3 amide bonds. The minimum absolute atomic E-state index is 0.0786. The van der Waals surface area contributed by atoms with Crippen LogP contribution in [0.25, 0.3) is 0 Å². The standard InChI is InChI=1S/C14H19N3O3S/c18-11(16-14-15-6-8-21-14)5-7-17-12(19)9-3-1-2-4-10(9)13(17)20/h9-10H,1-8H2,(H,15,16,18)/t9-,10+. The number of hydrogen-bond donors (Lipinski definition) is 1. The first kappa shape index (κ1) is 14.6. The molecule has 1 aliphatic carbocycles. The van der Waals surface area contributed by atoms with E-state index in [1.807, 2.05) is 0 Å². The fraction of sp³-hybridized carbons (Fsp3) is 0.714. The van der Waals surface area contributed by atoms with Gasteiger partial charge in [0.2, 0.25) is 17.7 Å². The van der Waals surface area contributed by atoms with Crippen LogP contribution in [0, 0.1) is 11.8 Å². The van der Waals surface area contributed by atoms with Gasteiger partial charge in [-0.05, 0) is 12.8 Å². The van der Waals surface area contributed by atoms with Gasteiger partial charge in [0.05, 0.1) is 18.4 Å². The molecule has 2 fully saturated rings. The number of rotatable bonds is 3. The Kier molecular flexibility index (Phi) is 4.28. The molecule has 0 aromatic heterocycles. The highest BCUT2D eigenvalue weighted by atomic mass is 32.2. The zero-order valence-electron chi connectivity index (χ0n) is 11.8. The van der Waals surface area contributed by atoms with Gasteiger partial charge in [0.1, 0.15) is 0 Å². The molecule has 3 aliphatic rings. The van der Waals surface area contributed by atoms with Crippen LogP contribution >= 0.6 is 11.8 Å². The van der Waals surface area contributed by atoms with Crippen molar-refractivity contribution in [2.24, 2.45) is 16.8 Å². The van der Waals surface area contributed by atoms with Crippen LogP contribution in [0.2, 0.25) is 0 Å². The van der Waals surface area contributed by atoms with Crippen LogP contribution in [-0.4, -0.2) is 46.6 Å². The molecule has 1 saturated heterocycles. The Morgan fingerprint density at radius 3 is 2.48 bits per heavy atom. The van der Waals surface area contributed by atoms with Gasteiger partial charge >= 0.3 is 0 Å². The summed E-state index contributed by atoms with van der Waals surface area (Å²) in [5.41, 5.74) is 0. The SMILES string of the molecule is O=C(CCN1C(=O)[C@H]2CCCC[C@H]2C1=O)NC1=NCCS1. The van der Waals surface area contributed by atoms with Crippen LogP contribution in [0.4, 0.5) is 0 Å². The molecule has 0 spiro atoms. The van der Waals surface area contributed by atoms with E-state index >= 15 is 0 Å². The van der Waals surface area contributed by atoms with Gasteiger partial charge in [-0.3, -0.25) is 24.3 Å². The summed E-state index contributed by atoms with van der Waals surface area (Å²) in [7, 11) is 0. The van der Waals surface area contributed by atoms with Gasteiger partial charge in [-0.15, -0.1) is 0 Å². The van der Waals surface area contributed by atoms with E-state index < -0.39 is 0 Å². The van der Waals surface area contributed by atoms with Crippen molar-refractivity contribution in [3.63, 3.8) is 0 Å². The van der Waals surface area contributed by atoms with Crippen molar-refractivity contribution in [3.8, 4) is 0 Å². The third-order valence-electron chi connectivity index (χ3n) is 4.33. The lowest BCUT2D eigenvalue weighted by atomic mass is 9.81. The van der Waals surface area contributed by atoms with Gasteiger partial charge in [0, 0.05) is 18.7 Å². The molecule has 2 aliphatic heterocycles. The predicted octanol–water partition coefficient (Wildman–Crippen LogP) is 0.771. The van der Waals surface area contributed by atoms with Crippen LogP contribution in [0.1, 0.15) is 32.1 Å². The second-order valence-electron chi connectivity index (χ2n) is 5.66. The first-order valence-electron chi connectivity index (χ1n) is 7.49. The van der Waals surface area contributed by atoms with Crippen molar-refractivity contribution in [1.29, 1.82) is 0 Å². The van der Waals surface area contributed by atoms with Gasteiger partial charge in [-0.25, -0.2) is 0 Å². The van der Waals surface area contributed by atoms with Crippen LogP contribution in [0.15, 0.2) is 4.99 Å². The first-order valence-corrected chi connectivity index (χ1v) is 8.47. The minimum Gasteiger partial charge on any atom is -0.305 e. The van der Waals surface area contributed by atoms with Crippen molar-refractivity contribution in [3.05, 3.63) is 0 Å². The molecule has 1 saturated carbocycles. The molecule has 6 nitrogen and oxygen atoms in total. The molecule has 2 atom stereocenters. The lowest BCUT2D eigenvalue weighted by Crippen LogP contribution is -2.36. The summed E-state index contributed by atoms with van der Waals surface area (Å²) >= 11 is 1.52. The van der Waals surface area contributed by atoms with Crippen LogP contribution in [0.3, 0.4) is 0 Å². The quantitative estimate of drug-likeness (QED) is 0.781. The van der Waals surface area contributed by atoms with E-state index in [1.165, 1.54) is 16.7 Å². The van der Waals surface area contributed by atoms with Gasteiger partial charge in [0.25, 0.3) is 0 Å². The van der Waals surface area contributed by atoms with E-state index in [-0.39, 0.29) is 42.5 Å². The number of nitrogens with zero attached hydrogens (tertiary/aromatic N) is 2. The Hall–Kier alpha value is -1.37. The van der Waals surface area contributed by atoms with E-state index in [0.29, 0.717) is 5.17 Å². The number of carbonyl (C=O) groups excluding carboxylic acids is 3. The molecule has 1 N–H and O–H groups in total. The van der Waals surface area contributed by atoms with Crippen molar-refractivity contribution < 1.29 is 14.4 Å². The fourth-order valence-electron chi connectivity index (χ4n) is 3.26. The lowest BCUT2D eigenvalue weighted by Gasteiger charge is -2.19. The molecule has 7 heteroatoms. The van der Waals surface area contributed by atoms with Crippen LogP contribution in [-0.2, 0) is 14.4 Å². The van der Waals surface area contributed by atoms with Crippen molar-refractivity contribution in [2.75, 3.05) is 18.8 Å². The maximum Gasteiger partial charge on any atom is 0.233 e. The van der Waals surface area contributed by atoms with Crippen molar-refractivity contribution in [1.82, 2.24) is 10.2 Å². The van der Waals surface area contributed by atoms with E-state index in [2.05, 4.69) is 10.3 Å². The smallest absolute Gasteiger partial charge is 0.233 e. The largest absolute Gasteiger partial charge is 0.305 e. The molecular formula is C14H19N3O3S. The topological polar surface area (TPSA) is 78.8 Å². The summed E-state index contributed by atoms with van der Waals surface area (Å²) in [6.45, 7) is 0.918. The van der Waals surface area contributed by atoms with Crippen molar-refractivity contribution >= 4 is 34.7 Å². The number of aliphatic imine (C=N–C) groups is 1. The molecular weight excluding hydrogens is 290 g/mol. The van der Waals surface area contributed by atoms with Gasteiger partial charge in [-0.1, -0.05) is 24.6 Å². The van der Waals surface area contributed by atoms with Crippen LogP contribution < -0.4 is 5.32 Å². The number of nitrogens with one attached hydrogen (secondary N) is 1. The number of thioether (sulfide) groups is 1. The Morgan fingerprint density at radius 2 is 1.90 bits per heavy atom. The second-order valence-corrected chi connectivity index (χ2v) is 6.74. The average Bonchev–Trinajstić information content (AvgIpc) is 3.07. The van der Waals surface area contributed by atoms with E-state index in [0.717, 1.165) is 38.0 Å². The maximum atomic E-state index is 12.3. The Bertz CT molecular complexity index is 482. The van der Waals surface area contributed by atoms with Gasteiger partial charge < -0.3 is 5.32 Å². The number of amides is 3. The molecule has 0 radical (unpaired) electrons. The fourth-order valence-corrected chi connectivity index (χ4v) is 4.00. The minimum atomic E-state index is -0.182. The molecule has 3 rings (SSSR count). The maximum absolute atomic E-state index is 12.3. The third kappa shape index (κ3) is 2.97. The molecule has 0 aromatic rings. The summed E-state index contributed by atoms with van der Waals surface area (Å²) in [5.74, 6) is 0.282. The molecule has 0 aromatic carbocycles. The zero-order chi connectivity index (χ0) is 14.8.